The summed E-state index contributed by atoms with van der Waals surface area (Å²) >= 11 is 5.87. The van der Waals surface area contributed by atoms with E-state index < -0.39 is 11.7 Å². The largest absolute Gasteiger partial charge is 0.416 e. The van der Waals surface area contributed by atoms with Crippen LogP contribution in [0.15, 0.2) is 18.2 Å². The van der Waals surface area contributed by atoms with Crippen molar-refractivity contribution >= 4 is 22.5 Å². The van der Waals surface area contributed by atoms with Crippen LogP contribution in [0.3, 0.4) is 0 Å². The summed E-state index contributed by atoms with van der Waals surface area (Å²) in [5, 5.41) is 3.07. The molecule has 7 heteroatoms. The monoisotopic (exact) mass is 275 g/mol. The standard InChI is InChI=1S/C11H9ClF3N3/c1-16-5-9-17-8-3-2-6(11(13,14)15)4-7(8)10(12)18-9/h2-4,16H,5H2,1H3. The molecular weight excluding hydrogens is 267 g/mol. The fraction of sp³-hybridized carbons (Fsp3) is 0.273. The minimum atomic E-state index is -4.40. The van der Waals surface area contributed by atoms with E-state index in [0.717, 1.165) is 12.1 Å². The summed E-state index contributed by atoms with van der Waals surface area (Å²) in [6, 6.07) is 3.24. The van der Waals surface area contributed by atoms with Crippen molar-refractivity contribution in [3.8, 4) is 0 Å². The van der Waals surface area contributed by atoms with Crippen molar-refractivity contribution in [3.63, 3.8) is 0 Å². The van der Waals surface area contributed by atoms with Gasteiger partial charge < -0.3 is 5.32 Å². The second-order valence-corrected chi connectivity index (χ2v) is 4.05. The van der Waals surface area contributed by atoms with E-state index in [-0.39, 0.29) is 10.5 Å². The molecule has 1 heterocycles. The minimum Gasteiger partial charge on any atom is -0.313 e. The molecule has 0 aliphatic rings. The van der Waals surface area contributed by atoms with Gasteiger partial charge in [0.2, 0.25) is 0 Å². The predicted molar refractivity (Wildman–Crippen MR) is 62.3 cm³/mol. The fourth-order valence-electron chi connectivity index (χ4n) is 1.55. The van der Waals surface area contributed by atoms with Gasteiger partial charge in [-0.1, -0.05) is 11.6 Å². The Morgan fingerprint density at radius 2 is 2.00 bits per heavy atom. The van der Waals surface area contributed by atoms with Gasteiger partial charge in [-0.2, -0.15) is 13.2 Å². The Hall–Kier alpha value is -1.40. The van der Waals surface area contributed by atoms with Gasteiger partial charge in [-0.05, 0) is 25.2 Å². The molecule has 0 aliphatic heterocycles. The van der Waals surface area contributed by atoms with Crippen LogP contribution >= 0.6 is 11.6 Å². The van der Waals surface area contributed by atoms with Gasteiger partial charge in [0.05, 0.1) is 17.6 Å². The lowest BCUT2D eigenvalue weighted by molar-refractivity contribution is -0.137. The Balaban J connectivity index is 2.58. The highest BCUT2D eigenvalue weighted by Gasteiger charge is 2.30. The van der Waals surface area contributed by atoms with Crippen molar-refractivity contribution in [1.82, 2.24) is 15.3 Å². The van der Waals surface area contributed by atoms with Gasteiger partial charge in [-0.3, -0.25) is 0 Å². The maximum atomic E-state index is 12.6. The molecule has 0 amide bonds. The Labute approximate surface area is 106 Å². The topological polar surface area (TPSA) is 37.8 Å². The number of hydrogen-bond donors (Lipinski definition) is 1. The van der Waals surface area contributed by atoms with Crippen LogP contribution in [0.4, 0.5) is 13.2 Å². The van der Waals surface area contributed by atoms with Gasteiger partial charge in [0.25, 0.3) is 0 Å². The molecule has 1 aromatic heterocycles. The second kappa shape index (κ2) is 4.70. The SMILES string of the molecule is CNCc1nc(Cl)c2cc(C(F)(F)F)ccc2n1. The molecule has 2 rings (SSSR count). The van der Waals surface area contributed by atoms with E-state index in [2.05, 4.69) is 15.3 Å². The predicted octanol–water partition coefficient (Wildman–Crippen LogP) is 3.02. The number of aromatic nitrogens is 2. The van der Waals surface area contributed by atoms with Crippen molar-refractivity contribution in [2.75, 3.05) is 7.05 Å². The summed E-state index contributed by atoms with van der Waals surface area (Å²) < 4.78 is 37.7. The zero-order valence-electron chi connectivity index (χ0n) is 9.35. The van der Waals surface area contributed by atoms with E-state index in [1.807, 2.05) is 0 Å². The minimum absolute atomic E-state index is 0.0244. The lowest BCUT2D eigenvalue weighted by atomic mass is 10.1. The lowest BCUT2D eigenvalue weighted by Gasteiger charge is -2.09. The van der Waals surface area contributed by atoms with Gasteiger partial charge in [0.15, 0.2) is 0 Å². The third-order valence-corrected chi connectivity index (χ3v) is 2.65. The third kappa shape index (κ3) is 2.54. The lowest BCUT2D eigenvalue weighted by Crippen LogP contribution is -2.10. The average molecular weight is 276 g/mol. The molecule has 0 radical (unpaired) electrons. The highest BCUT2D eigenvalue weighted by Crippen LogP contribution is 2.32. The van der Waals surface area contributed by atoms with E-state index in [1.54, 1.807) is 7.05 Å². The highest BCUT2D eigenvalue weighted by atomic mass is 35.5. The Bertz CT molecular complexity index is 583. The number of alkyl halides is 3. The van der Waals surface area contributed by atoms with E-state index in [9.17, 15) is 13.2 Å². The molecule has 3 nitrogen and oxygen atoms in total. The van der Waals surface area contributed by atoms with Crippen molar-refractivity contribution in [1.29, 1.82) is 0 Å². The molecule has 0 bridgehead atoms. The van der Waals surface area contributed by atoms with Crippen molar-refractivity contribution < 1.29 is 13.2 Å². The first-order valence-corrected chi connectivity index (χ1v) is 5.47. The molecule has 0 aliphatic carbocycles. The zero-order chi connectivity index (χ0) is 13.3. The van der Waals surface area contributed by atoms with E-state index in [4.69, 9.17) is 11.6 Å². The molecule has 1 aromatic carbocycles. The normalized spacial score (nSPS) is 12.1. The first-order chi connectivity index (χ1) is 8.41. The van der Waals surface area contributed by atoms with Gasteiger partial charge >= 0.3 is 6.18 Å². The molecule has 0 fully saturated rings. The van der Waals surface area contributed by atoms with E-state index in [1.165, 1.54) is 6.07 Å². The number of nitrogens with zero attached hydrogens (tertiary/aromatic N) is 2. The summed E-state index contributed by atoms with van der Waals surface area (Å²) in [7, 11) is 1.72. The molecule has 0 atom stereocenters. The van der Waals surface area contributed by atoms with Crippen molar-refractivity contribution in [3.05, 3.63) is 34.7 Å². The molecule has 0 saturated carbocycles. The number of nitrogens with one attached hydrogen (secondary N) is 1. The van der Waals surface area contributed by atoms with Gasteiger partial charge in [0.1, 0.15) is 11.0 Å². The van der Waals surface area contributed by atoms with Crippen LogP contribution in [0.25, 0.3) is 10.9 Å². The zero-order valence-corrected chi connectivity index (χ0v) is 10.1. The second-order valence-electron chi connectivity index (χ2n) is 3.69. The first kappa shape index (κ1) is 13.0. The molecule has 18 heavy (non-hydrogen) atoms. The maximum absolute atomic E-state index is 12.6. The quantitative estimate of drug-likeness (QED) is 0.856. The summed E-state index contributed by atoms with van der Waals surface area (Å²) in [6.07, 6.45) is -4.40. The van der Waals surface area contributed by atoms with E-state index >= 15 is 0 Å². The third-order valence-electron chi connectivity index (χ3n) is 2.36. The average Bonchev–Trinajstić information content (AvgIpc) is 2.27. The highest BCUT2D eigenvalue weighted by molar-refractivity contribution is 6.34. The molecular formula is C11H9ClF3N3. The Morgan fingerprint density at radius 1 is 1.28 bits per heavy atom. The Morgan fingerprint density at radius 3 is 2.61 bits per heavy atom. The van der Waals surface area contributed by atoms with Crippen LogP contribution in [-0.4, -0.2) is 17.0 Å². The maximum Gasteiger partial charge on any atom is 0.416 e. The molecule has 2 aromatic rings. The molecule has 0 spiro atoms. The first-order valence-electron chi connectivity index (χ1n) is 5.10. The number of benzene rings is 1. The van der Waals surface area contributed by atoms with Crippen molar-refractivity contribution in [2.45, 2.75) is 12.7 Å². The number of halogens is 4. The van der Waals surface area contributed by atoms with Crippen LogP contribution in [0.1, 0.15) is 11.4 Å². The smallest absolute Gasteiger partial charge is 0.313 e. The van der Waals surface area contributed by atoms with Gasteiger partial charge in [0, 0.05) is 5.39 Å². The van der Waals surface area contributed by atoms with Crippen molar-refractivity contribution in [2.24, 2.45) is 0 Å². The summed E-state index contributed by atoms with van der Waals surface area (Å²) in [4.78, 5) is 8.06. The molecule has 96 valence electrons. The molecule has 0 saturated heterocycles. The van der Waals surface area contributed by atoms with Gasteiger partial charge in [-0.15, -0.1) is 0 Å². The molecule has 0 unspecified atom stereocenters. The summed E-state index contributed by atoms with van der Waals surface area (Å²) in [5.41, 5.74) is -0.366. The van der Waals surface area contributed by atoms with Crippen LogP contribution in [0.2, 0.25) is 5.15 Å². The number of rotatable bonds is 2. The summed E-state index contributed by atoms with van der Waals surface area (Å²) in [6.45, 7) is 0.399. The molecule has 1 N–H and O–H groups in total. The van der Waals surface area contributed by atoms with Gasteiger partial charge in [-0.25, -0.2) is 9.97 Å². The summed E-state index contributed by atoms with van der Waals surface area (Å²) in [5.74, 6) is 0.440. The Kier molecular flexibility index (Phi) is 3.41. The van der Waals surface area contributed by atoms with Crippen LogP contribution in [-0.2, 0) is 12.7 Å². The number of hydrogen-bond acceptors (Lipinski definition) is 3. The van der Waals surface area contributed by atoms with Crippen LogP contribution < -0.4 is 5.32 Å². The van der Waals surface area contributed by atoms with Crippen LogP contribution in [0, 0.1) is 0 Å². The fourth-order valence-corrected chi connectivity index (χ4v) is 1.80. The van der Waals surface area contributed by atoms with E-state index in [0.29, 0.717) is 17.9 Å². The van der Waals surface area contributed by atoms with Crippen LogP contribution in [0.5, 0.6) is 0 Å². The number of fused-ring (bicyclic) bond motifs is 1.